The molecule has 100 valence electrons. The highest BCUT2D eigenvalue weighted by molar-refractivity contribution is 8.00. The van der Waals surface area contributed by atoms with Crippen molar-refractivity contribution < 1.29 is 4.79 Å². The van der Waals surface area contributed by atoms with Crippen LogP contribution in [0.15, 0.2) is 23.1 Å². The Bertz CT molecular complexity index is 424. The molecule has 1 rings (SSSR count). The number of thioether (sulfide) groups is 1. The van der Waals surface area contributed by atoms with Crippen LogP contribution < -0.4 is 11.1 Å². The van der Waals surface area contributed by atoms with Crippen LogP contribution in [-0.4, -0.2) is 17.2 Å². The molecule has 3 nitrogen and oxygen atoms in total. The number of anilines is 1. The Morgan fingerprint density at radius 3 is 2.56 bits per heavy atom. The average molecular weight is 266 g/mol. The molecular weight excluding hydrogens is 244 g/mol. The van der Waals surface area contributed by atoms with E-state index in [-0.39, 0.29) is 10.7 Å². The van der Waals surface area contributed by atoms with Gasteiger partial charge in [-0.15, -0.1) is 11.8 Å². The molecule has 0 atom stereocenters. The summed E-state index contributed by atoms with van der Waals surface area (Å²) in [6.45, 7) is 8.94. The fourth-order valence-electron chi connectivity index (χ4n) is 1.54. The van der Waals surface area contributed by atoms with E-state index in [2.05, 4.69) is 32.2 Å². The Morgan fingerprint density at radius 2 is 2.06 bits per heavy atom. The molecule has 18 heavy (non-hydrogen) atoms. The monoisotopic (exact) mass is 266 g/mol. The van der Waals surface area contributed by atoms with Gasteiger partial charge in [0, 0.05) is 28.3 Å². The Balaban J connectivity index is 2.77. The number of nitrogens with two attached hydrogens (primary N) is 1. The van der Waals surface area contributed by atoms with Crippen LogP contribution in [-0.2, 0) is 4.79 Å². The lowest BCUT2D eigenvalue weighted by Gasteiger charge is -2.18. The number of carbonyl (C=O) groups excluding carboxylic acids is 1. The third kappa shape index (κ3) is 5.10. The van der Waals surface area contributed by atoms with E-state index in [1.54, 1.807) is 0 Å². The Kier molecular flexibility index (Phi) is 5.23. The van der Waals surface area contributed by atoms with Gasteiger partial charge in [0.2, 0.25) is 5.91 Å². The minimum atomic E-state index is -0.0307. The summed E-state index contributed by atoms with van der Waals surface area (Å²) in [6.07, 6.45) is 0.359. The molecule has 0 aliphatic rings. The van der Waals surface area contributed by atoms with Crippen LogP contribution in [0, 0.1) is 6.92 Å². The quantitative estimate of drug-likeness (QED) is 0.823. The molecule has 1 aromatic rings. The lowest BCUT2D eigenvalue weighted by atomic mass is 10.2. The molecule has 0 spiro atoms. The molecule has 0 bridgehead atoms. The summed E-state index contributed by atoms with van der Waals surface area (Å²) < 4.78 is 0.191. The van der Waals surface area contributed by atoms with Crippen molar-refractivity contribution in [3.05, 3.63) is 23.8 Å². The van der Waals surface area contributed by atoms with E-state index in [9.17, 15) is 4.79 Å². The third-order valence-electron chi connectivity index (χ3n) is 2.27. The molecule has 4 heteroatoms. The Hall–Kier alpha value is -1.00. The smallest absolute Gasteiger partial charge is 0.225 e. The number of rotatable bonds is 4. The molecule has 1 amide bonds. The number of carbonyl (C=O) groups is 1. The van der Waals surface area contributed by atoms with Gasteiger partial charge in [-0.25, -0.2) is 0 Å². The zero-order valence-electron chi connectivity index (χ0n) is 11.5. The highest BCUT2D eigenvalue weighted by Gasteiger charge is 2.13. The van der Waals surface area contributed by atoms with Gasteiger partial charge in [0.25, 0.3) is 0 Å². The van der Waals surface area contributed by atoms with Crippen LogP contribution in [0.4, 0.5) is 5.69 Å². The number of hydrogen-bond donors (Lipinski definition) is 2. The van der Waals surface area contributed by atoms with Crippen LogP contribution in [0.3, 0.4) is 0 Å². The second-order valence-electron chi connectivity index (χ2n) is 5.28. The number of nitrogens with one attached hydrogen (secondary N) is 1. The molecular formula is C14H22N2OS. The Morgan fingerprint density at radius 1 is 1.39 bits per heavy atom. The molecule has 1 aromatic carbocycles. The first-order chi connectivity index (χ1) is 8.31. The van der Waals surface area contributed by atoms with E-state index in [0.717, 1.165) is 11.3 Å². The number of amides is 1. The molecule has 3 N–H and O–H groups in total. The first-order valence-electron chi connectivity index (χ1n) is 6.11. The van der Waals surface area contributed by atoms with Gasteiger partial charge in [0.05, 0.1) is 0 Å². The highest BCUT2D eigenvalue weighted by atomic mass is 32.2. The summed E-state index contributed by atoms with van der Waals surface area (Å²) in [7, 11) is 0. The fraction of sp³-hybridized carbons (Fsp3) is 0.500. The predicted octanol–water partition coefficient (Wildman–Crippen LogP) is 3.17. The molecule has 0 aromatic heterocycles. The summed E-state index contributed by atoms with van der Waals surface area (Å²) in [5, 5.41) is 2.87. The SMILES string of the molecule is Cc1cc(SC(C)(C)C)ccc1NC(=O)CCN. The van der Waals surface area contributed by atoms with Crippen molar-refractivity contribution in [1.82, 2.24) is 0 Å². The topological polar surface area (TPSA) is 55.1 Å². The van der Waals surface area contributed by atoms with Crippen molar-refractivity contribution in [2.45, 2.75) is 43.8 Å². The molecule has 0 saturated carbocycles. The van der Waals surface area contributed by atoms with Gasteiger partial charge in [-0.2, -0.15) is 0 Å². The standard InChI is InChI=1S/C14H22N2OS/c1-10-9-11(18-14(2,3)4)5-6-12(10)16-13(17)7-8-15/h5-6,9H,7-8,15H2,1-4H3,(H,16,17). The average Bonchev–Trinajstić information content (AvgIpc) is 2.20. The van der Waals surface area contributed by atoms with E-state index >= 15 is 0 Å². The second kappa shape index (κ2) is 6.25. The number of benzene rings is 1. The van der Waals surface area contributed by atoms with Crippen LogP contribution >= 0.6 is 11.8 Å². The van der Waals surface area contributed by atoms with Gasteiger partial charge in [-0.1, -0.05) is 20.8 Å². The molecule has 0 saturated heterocycles. The third-order valence-corrected chi connectivity index (χ3v) is 3.37. The first kappa shape index (κ1) is 15.1. The summed E-state index contributed by atoms with van der Waals surface area (Å²) in [5.74, 6) is -0.0307. The minimum Gasteiger partial charge on any atom is -0.330 e. The first-order valence-corrected chi connectivity index (χ1v) is 6.93. The van der Waals surface area contributed by atoms with Crippen LogP contribution in [0.25, 0.3) is 0 Å². The molecule has 0 unspecified atom stereocenters. The molecule has 0 radical (unpaired) electrons. The van der Waals surface area contributed by atoms with Crippen molar-refractivity contribution in [2.24, 2.45) is 5.73 Å². The zero-order chi connectivity index (χ0) is 13.8. The molecule has 0 aliphatic heterocycles. The molecule has 0 aliphatic carbocycles. The van der Waals surface area contributed by atoms with E-state index in [1.165, 1.54) is 4.90 Å². The maximum absolute atomic E-state index is 11.5. The van der Waals surface area contributed by atoms with Gasteiger partial charge in [0.1, 0.15) is 0 Å². The fourth-order valence-corrected chi connectivity index (χ4v) is 2.62. The molecule has 0 heterocycles. The second-order valence-corrected chi connectivity index (χ2v) is 7.18. The predicted molar refractivity (Wildman–Crippen MR) is 79.1 cm³/mol. The zero-order valence-corrected chi connectivity index (χ0v) is 12.4. The van der Waals surface area contributed by atoms with Crippen LogP contribution in [0.2, 0.25) is 0 Å². The van der Waals surface area contributed by atoms with Crippen molar-refractivity contribution in [3.63, 3.8) is 0 Å². The van der Waals surface area contributed by atoms with Crippen LogP contribution in [0.5, 0.6) is 0 Å². The van der Waals surface area contributed by atoms with Crippen molar-refractivity contribution in [1.29, 1.82) is 0 Å². The highest BCUT2D eigenvalue weighted by Crippen LogP contribution is 2.33. The Labute approximate surface area is 114 Å². The summed E-state index contributed by atoms with van der Waals surface area (Å²) >= 11 is 1.82. The lowest BCUT2D eigenvalue weighted by molar-refractivity contribution is -0.116. The van der Waals surface area contributed by atoms with E-state index in [0.29, 0.717) is 13.0 Å². The van der Waals surface area contributed by atoms with Crippen LogP contribution in [0.1, 0.15) is 32.8 Å². The van der Waals surface area contributed by atoms with Gasteiger partial charge in [-0.3, -0.25) is 4.79 Å². The summed E-state index contributed by atoms with van der Waals surface area (Å²) in [5.41, 5.74) is 7.30. The molecule has 0 fully saturated rings. The van der Waals surface area contributed by atoms with Gasteiger partial charge in [-0.05, 0) is 30.7 Å². The van der Waals surface area contributed by atoms with E-state index in [1.807, 2.05) is 30.8 Å². The van der Waals surface area contributed by atoms with E-state index < -0.39 is 0 Å². The van der Waals surface area contributed by atoms with Crippen molar-refractivity contribution >= 4 is 23.4 Å². The lowest BCUT2D eigenvalue weighted by Crippen LogP contribution is -2.16. The van der Waals surface area contributed by atoms with Crippen molar-refractivity contribution in [2.75, 3.05) is 11.9 Å². The van der Waals surface area contributed by atoms with Gasteiger partial charge >= 0.3 is 0 Å². The van der Waals surface area contributed by atoms with Gasteiger partial charge < -0.3 is 11.1 Å². The van der Waals surface area contributed by atoms with Gasteiger partial charge in [0.15, 0.2) is 0 Å². The number of hydrogen-bond acceptors (Lipinski definition) is 3. The normalized spacial score (nSPS) is 11.4. The summed E-state index contributed by atoms with van der Waals surface area (Å²) in [4.78, 5) is 12.7. The minimum absolute atomic E-state index is 0.0307. The summed E-state index contributed by atoms with van der Waals surface area (Å²) in [6, 6.07) is 6.10. The maximum Gasteiger partial charge on any atom is 0.225 e. The largest absolute Gasteiger partial charge is 0.330 e. The number of aryl methyl sites for hydroxylation is 1. The van der Waals surface area contributed by atoms with Crippen molar-refractivity contribution in [3.8, 4) is 0 Å². The maximum atomic E-state index is 11.5. The van der Waals surface area contributed by atoms with E-state index in [4.69, 9.17) is 5.73 Å².